The van der Waals surface area contributed by atoms with Crippen molar-refractivity contribution in [2.75, 3.05) is 0 Å². The molecule has 2 heteroatoms. The first kappa shape index (κ1) is 7.61. The molecule has 0 saturated heterocycles. The summed E-state index contributed by atoms with van der Waals surface area (Å²) in [5.74, 6) is 0.811. The zero-order chi connectivity index (χ0) is 7.40. The lowest BCUT2D eigenvalue weighted by Crippen LogP contribution is -1.89. The fourth-order valence-corrected chi connectivity index (χ4v) is 1.24. The molecule has 0 atom stereocenters. The van der Waals surface area contributed by atoms with Crippen LogP contribution in [0.2, 0.25) is 0 Å². The zero-order valence-electron chi connectivity index (χ0n) is 6.04. The molecule has 1 nitrogen and oxygen atoms in total. The Morgan fingerprint density at radius 1 is 1.50 bits per heavy atom. The van der Waals surface area contributed by atoms with Gasteiger partial charge in [0, 0.05) is 18.1 Å². The fraction of sp³-hybridized carbons (Fsp3) is 0.375. The van der Waals surface area contributed by atoms with Crippen LogP contribution in [0.15, 0.2) is 18.5 Å². The number of aryl methyl sites for hydroxylation is 1. The lowest BCUT2D eigenvalue weighted by Gasteiger charge is -2.01. The van der Waals surface area contributed by atoms with Crippen LogP contribution in [0.4, 0.5) is 0 Å². The van der Waals surface area contributed by atoms with E-state index < -0.39 is 0 Å². The predicted molar refractivity (Wildman–Crippen MR) is 46.3 cm³/mol. The molecule has 10 heavy (non-hydrogen) atoms. The third-order valence-electron chi connectivity index (χ3n) is 1.56. The first-order valence-corrected chi connectivity index (χ1v) is 4.04. The van der Waals surface area contributed by atoms with Crippen LogP contribution in [0, 0.1) is 0 Å². The van der Waals surface area contributed by atoms with Crippen LogP contribution in [-0.2, 0) is 12.2 Å². The van der Waals surface area contributed by atoms with E-state index in [0.717, 1.165) is 12.2 Å². The van der Waals surface area contributed by atoms with Crippen molar-refractivity contribution in [2.45, 2.75) is 19.1 Å². The normalized spacial score (nSPS) is 9.80. The second-order valence-corrected chi connectivity index (χ2v) is 2.47. The van der Waals surface area contributed by atoms with E-state index in [4.69, 9.17) is 0 Å². The van der Waals surface area contributed by atoms with Gasteiger partial charge in [0.2, 0.25) is 0 Å². The molecular formula is C8H11NS. The number of nitrogens with zero attached hydrogens (tertiary/aromatic N) is 1. The van der Waals surface area contributed by atoms with Gasteiger partial charge in [0.25, 0.3) is 0 Å². The van der Waals surface area contributed by atoms with Gasteiger partial charge in [-0.25, -0.2) is 0 Å². The van der Waals surface area contributed by atoms with Crippen LogP contribution in [0.5, 0.6) is 0 Å². The van der Waals surface area contributed by atoms with E-state index in [0.29, 0.717) is 0 Å². The highest BCUT2D eigenvalue weighted by Crippen LogP contribution is 2.09. The molecule has 1 aromatic rings. The molecule has 0 bridgehead atoms. The molecule has 0 aromatic carbocycles. The average molecular weight is 153 g/mol. The van der Waals surface area contributed by atoms with Gasteiger partial charge in [0.1, 0.15) is 0 Å². The summed E-state index contributed by atoms with van der Waals surface area (Å²) < 4.78 is 0. The van der Waals surface area contributed by atoms with E-state index in [2.05, 4.69) is 24.5 Å². The quantitative estimate of drug-likeness (QED) is 0.642. The van der Waals surface area contributed by atoms with E-state index >= 15 is 0 Å². The smallest absolute Gasteiger partial charge is 0.0302 e. The Balaban J connectivity index is 2.96. The Hall–Kier alpha value is -0.500. The molecule has 0 unspecified atom stereocenters. The summed E-state index contributed by atoms with van der Waals surface area (Å²) in [5.41, 5.74) is 2.60. The Bertz CT molecular complexity index is 187. The van der Waals surface area contributed by atoms with Gasteiger partial charge in [-0.05, 0) is 23.6 Å². The van der Waals surface area contributed by atoms with Gasteiger partial charge >= 0.3 is 0 Å². The molecule has 0 fully saturated rings. The lowest BCUT2D eigenvalue weighted by molar-refractivity contribution is 1.07. The number of pyridine rings is 1. The topological polar surface area (TPSA) is 12.9 Å². The van der Waals surface area contributed by atoms with Crippen molar-refractivity contribution in [1.82, 2.24) is 4.98 Å². The molecule has 0 aliphatic heterocycles. The lowest BCUT2D eigenvalue weighted by atomic mass is 10.1. The predicted octanol–water partition coefficient (Wildman–Crippen LogP) is 2.07. The van der Waals surface area contributed by atoms with Crippen molar-refractivity contribution in [3.63, 3.8) is 0 Å². The Morgan fingerprint density at radius 2 is 2.30 bits per heavy atom. The number of hydrogen-bond donors (Lipinski definition) is 1. The number of aromatic nitrogens is 1. The largest absolute Gasteiger partial charge is 0.264 e. The third kappa shape index (κ3) is 1.51. The Kier molecular flexibility index (Phi) is 2.75. The van der Waals surface area contributed by atoms with Gasteiger partial charge in [-0.2, -0.15) is 12.6 Å². The molecule has 0 spiro atoms. The minimum atomic E-state index is 0.811. The van der Waals surface area contributed by atoms with E-state index in [1.807, 2.05) is 18.5 Å². The van der Waals surface area contributed by atoms with E-state index in [1.54, 1.807) is 0 Å². The van der Waals surface area contributed by atoms with Gasteiger partial charge in [-0.3, -0.25) is 4.98 Å². The molecule has 0 aliphatic rings. The molecule has 1 heterocycles. The summed E-state index contributed by atoms with van der Waals surface area (Å²) in [6.07, 6.45) is 4.76. The number of thiol groups is 1. The molecule has 0 saturated carbocycles. The maximum Gasteiger partial charge on any atom is 0.0302 e. The van der Waals surface area contributed by atoms with Crippen molar-refractivity contribution in [2.24, 2.45) is 0 Å². The van der Waals surface area contributed by atoms with Gasteiger partial charge in [0.05, 0.1) is 0 Å². The highest BCUT2D eigenvalue weighted by atomic mass is 32.1. The summed E-state index contributed by atoms with van der Waals surface area (Å²) in [6.45, 7) is 2.13. The van der Waals surface area contributed by atoms with Crippen molar-refractivity contribution >= 4 is 12.6 Å². The molecule has 54 valence electrons. The number of rotatable bonds is 2. The molecular weight excluding hydrogens is 142 g/mol. The van der Waals surface area contributed by atoms with E-state index in [1.165, 1.54) is 11.1 Å². The van der Waals surface area contributed by atoms with Crippen LogP contribution < -0.4 is 0 Å². The molecule has 0 radical (unpaired) electrons. The van der Waals surface area contributed by atoms with Crippen LogP contribution in [0.3, 0.4) is 0 Å². The summed E-state index contributed by atoms with van der Waals surface area (Å²) in [5, 5.41) is 0. The van der Waals surface area contributed by atoms with E-state index in [-0.39, 0.29) is 0 Å². The average Bonchev–Trinajstić information content (AvgIpc) is 2.04. The van der Waals surface area contributed by atoms with Crippen LogP contribution >= 0.6 is 12.6 Å². The molecule has 0 N–H and O–H groups in total. The monoisotopic (exact) mass is 153 g/mol. The van der Waals surface area contributed by atoms with Crippen LogP contribution in [0.1, 0.15) is 18.1 Å². The van der Waals surface area contributed by atoms with Gasteiger partial charge < -0.3 is 0 Å². The van der Waals surface area contributed by atoms with Crippen LogP contribution in [0.25, 0.3) is 0 Å². The van der Waals surface area contributed by atoms with E-state index in [9.17, 15) is 0 Å². The summed E-state index contributed by atoms with van der Waals surface area (Å²) >= 11 is 4.21. The van der Waals surface area contributed by atoms with Crippen molar-refractivity contribution < 1.29 is 0 Å². The first-order valence-electron chi connectivity index (χ1n) is 3.41. The minimum Gasteiger partial charge on any atom is -0.264 e. The molecule has 0 amide bonds. The first-order chi connectivity index (χ1) is 4.88. The second-order valence-electron chi connectivity index (χ2n) is 2.16. The van der Waals surface area contributed by atoms with Crippen molar-refractivity contribution in [3.8, 4) is 0 Å². The molecule has 1 aromatic heterocycles. The summed E-state index contributed by atoms with van der Waals surface area (Å²) in [6, 6.07) is 2.02. The zero-order valence-corrected chi connectivity index (χ0v) is 6.94. The highest BCUT2D eigenvalue weighted by molar-refractivity contribution is 7.79. The Morgan fingerprint density at radius 3 is 2.80 bits per heavy atom. The standard InChI is InChI=1S/C8H11NS/c1-2-7-5-9-4-3-8(7)6-10/h3-5,10H,2,6H2,1H3. The maximum atomic E-state index is 4.21. The maximum absolute atomic E-state index is 4.21. The van der Waals surface area contributed by atoms with Gasteiger partial charge in [-0.15, -0.1) is 0 Å². The number of hydrogen-bond acceptors (Lipinski definition) is 2. The summed E-state index contributed by atoms with van der Waals surface area (Å²) in [7, 11) is 0. The van der Waals surface area contributed by atoms with Crippen molar-refractivity contribution in [3.05, 3.63) is 29.6 Å². The fourth-order valence-electron chi connectivity index (χ4n) is 0.929. The second kappa shape index (κ2) is 3.62. The SMILES string of the molecule is CCc1cnccc1CS. The third-order valence-corrected chi connectivity index (χ3v) is 1.90. The highest BCUT2D eigenvalue weighted by Gasteiger charge is 1.95. The summed E-state index contributed by atoms with van der Waals surface area (Å²) in [4.78, 5) is 4.03. The Labute approximate surface area is 66.9 Å². The van der Waals surface area contributed by atoms with Crippen LogP contribution in [-0.4, -0.2) is 4.98 Å². The molecule has 1 rings (SSSR count). The van der Waals surface area contributed by atoms with Crippen molar-refractivity contribution in [1.29, 1.82) is 0 Å². The minimum absolute atomic E-state index is 0.811. The van der Waals surface area contributed by atoms with Gasteiger partial charge in [0.15, 0.2) is 0 Å². The van der Waals surface area contributed by atoms with Gasteiger partial charge in [-0.1, -0.05) is 6.92 Å². The molecule has 0 aliphatic carbocycles.